The Morgan fingerprint density at radius 3 is 2.89 bits per heavy atom. The first kappa shape index (κ1) is 12.5. The minimum absolute atomic E-state index is 0.450. The van der Waals surface area contributed by atoms with Crippen molar-refractivity contribution in [3.8, 4) is 5.75 Å². The molecule has 0 bridgehead atoms. The second kappa shape index (κ2) is 4.87. The number of nitrogens with zero attached hydrogens (tertiary/aromatic N) is 2. The van der Waals surface area contributed by atoms with Gasteiger partial charge in [-0.05, 0) is 24.7 Å². The second-order valence-corrected chi connectivity index (χ2v) is 5.28. The molecular weight excluding hydrogens is 238 g/mol. The molecule has 0 aliphatic carbocycles. The van der Waals surface area contributed by atoms with Gasteiger partial charge in [0.05, 0.1) is 12.6 Å². The maximum atomic E-state index is 5.32. The summed E-state index contributed by atoms with van der Waals surface area (Å²) in [5.74, 6) is 0.912. The van der Waals surface area contributed by atoms with Crippen LogP contribution in [0.5, 0.6) is 5.75 Å². The van der Waals surface area contributed by atoms with Crippen LogP contribution in [0.2, 0.25) is 0 Å². The Morgan fingerprint density at radius 1 is 1.32 bits per heavy atom. The first-order valence-corrected chi connectivity index (χ1v) is 6.74. The number of benzene rings is 1. The molecule has 2 heterocycles. The highest BCUT2D eigenvalue weighted by Crippen LogP contribution is 2.31. The summed E-state index contributed by atoms with van der Waals surface area (Å²) in [6, 6.07) is 6.77. The molecule has 1 atom stereocenters. The summed E-state index contributed by atoms with van der Waals surface area (Å²) >= 11 is 0. The first-order chi connectivity index (χ1) is 9.20. The first-order valence-electron chi connectivity index (χ1n) is 6.74. The van der Waals surface area contributed by atoms with Crippen molar-refractivity contribution in [1.82, 2.24) is 14.8 Å². The zero-order chi connectivity index (χ0) is 13.4. The molecule has 1 saturated heterocycles. The lowest BCUT2D eigenvalue weighted by molar-refractivity contribution is 0.203. The van der Waals surface area contributed by atoms with E-state index in [1.54, 1.807) is 7.11 Å². The Bertz CT molecular complexity index is 590. The number of nitrogens with one attached hydrogen (secondary N) is 1. The quantitative estimate of drug-likeness (QED) is 0.891. The molecule has 1 aliphatic heterocycles. The molecule has 1 unspecified atom stereocenters. The van der Waals surface area contributed by atoms with Crippen LogP contribution in [0.15, 0.2) is 24.4 Å². The predicted molar refractivity (Wildman–Crippen MR) is 77.7 cm³/mol. The number of piperazine rings is 1. The van der Waals surface area contributed by atoms with E-state index in [-0.39, 0.29) is 0 Å². The Hall–Kier alpha value is -1.52. The average Bonchev–Trinajstić information content (AvgIpc) is 2.76. The van der Waals surface area contributed by atoms with Gasteiger partial charge in [0.2, 0.25) is 0 Å². The van der Waals surface area contributed by atoms with Crippen molar-refractivity contribution in [2.45, 2.75) is 6.04 Å². The van der Waals surface area contributed by atoms with E-state index in [2.05, 4.69) is 47.2 Å². The van der Waals surface area contributed by atoms with E-state index in [1.165, 1.54) is 16.5 Å². The minimum atomic E-state index is 0.450. The lowest BCUT2D eigenvalue weighted by Crippen LogP contribution is -2.43. The van der Waals surface area contributed by atoms with Crippen LogP contribution in [0, 0.1) is 0 Å². The molecule has 3 rings (SSSR count). The topological polar surface area (TPSA) is 29.4 Å². The number of methoxy groups -OCH3 is 1. The van der Waals surface area contributed by atoms with Gasteiger partial charge in [0.1, 0.15) is 5.75 Å². The smallest absolute Gasteiger partial charge is 0.120 e. The highest BCUT2D eigenvalue weighted by molar-refractivity contribution is 5.85. The SMILES string of the molecule is COc1ccc2c(C3CNCCN3C)cn(C)c2c1. The Morgan fingerprint density at radius 2 is 2.16 bits per heavy atom. The van der Waals surface area contributed by atoms with Crippen LogP contribution in [-0.2, 0) is 7.05 Å². The zero-order valence-corrected chi connectivity index (χ0v) is 11.8. The summed E-state index contributed by atoms with van der Waals surface area (Å²) in [6.07, 6.45) is 2.25. The third-order valence-corrected chi connectivity index (χ3v) is 4.10. The number of aryl methyl sites for hydroxylation is 1. The highest BCUT2D eigenvalue weighted by Gasteiger charge is 2.23. The van der Waals surface area contributed by atoms with Gasteiger partial charge < -0.3 is 14.6 Å². The van der Waals surface area contributed by atoms with Gasteiger partial charge in [-0.15, -0.1) is 0 Å². The third kappa shape index (κ3) is 2.11. The van der Waals surface area contributed by atoms with Crippen LogP contribution in [0.4, 0.5) is 0 Å². The van der Waals surface area contributed by atoms with Crippen LogP contribution < -0.4 is 10.1 Å². The van der Waals surface area contributed by atoms with Crippen LogP contribution in [0.3, 0.4) is 0 Å². The van der Waals surface area contributed by atoms with Gasteiger partial charge in [-0.2, -0.15) is 0 Å². The Balaban J connectivity index is 2.08. The highest BCUT2D eigenvalue weighted by atomic mass is 16.5. The van der Waals surface area contributed by atoms with E-state index < -0.39 is 0 Å². The maximum Gasteiger partial charge on any atom is 0.120 e. The maximum absolute atomic E-state index is 5.32. The zero-order valence-electron chi connectivity index (χ0n) is 11.8. The van der Waals surface area contributed by atoms with E-state index in [1.807, 2.05) is 6.07 Å². The fraction of sp³-hybridized carbons (Fsp3) is 0.467. The normalized spacial score (nSPS) is 20.9. The van der Waals surface area contributed by atoms with Crippen LogP contribution >= 0.6 is 0 Å². The summed E-state index contributed by atoms with van der Waals surface area (Å²) < 4.78 is 7.51. The Kier molecular flexibility index (Phi) is 3.21. The molecule has 0 spiro atoms. The van der Waals surface area contributed by atoms with Crippen molar-refractivity contribution in [2.75, 3.05) is 33.8 Å². The summed E-state index contributed by atoms with van der Waals surface area (Å²) in [7, 11) is 6.01. The molecule has 2 aromatic rings. The number of hydrogen-bond acceptors (Lipinski definition) is 3. The lowest BCUT2D eigenvalue weighted by Gasteiger charge is -2.33. The van der Waals surface area contributed by atoms with Crippen molar-refractivity contribution >= 4 is 10.9 Å². The molecule has 4 heteroatoms. The molecule has 0 radical (unpaired) electrons. The average molecular weight is 259 g/mol. The fourth-order valence-corrected chi connectivity index (χ4v) is 2.94. The van der Waals surface area contributed by atoms with E-state index in [9.17, 15) is 0 Å². The molecular formula is C15H21N3O. The Labute approximate surface area is 114 Å². The van der Waals surface area contributed by atoms with Crippen molar-refractivity contribution in [3.63, 3.8) is 0 Å². The molecule has 0 saturated carbocycles. The van der Waals surface area contributed by atoms with Crippen LogP contribution in [0.25, 0.3) is 10.9 Å². The number of ether oxygens (including phenoxy) is 1. The van der Waals surface area contributed by atoms with Gasteiger partial charge in [0.15, 0.2) is 0 Å². The number of hydrogen-bond donors (Lipinski definition) is 1. The fourth-order valence-electron chi connectivity index (χ4n) is 2.94. The summed E-state index contributed by atoms with van der Waals surface area (Å²) in [4.78, 5) is 2.43. The third-order valence-electron chi connectivity index (χ3n) is 4.10. The summed E-state index contributed by atoms with van der Waals surface area (Å²) in [5.41, 5.74) is 2.63. The van der Waals surface area contributed by atoms with Gasteiger partial charge in [-0.25, -0.2) is 0 Å². The number of rotatable bonds is 2. The summed E-state index contributed by atoms with van der Waals surface area (Å²) in [5, 5.41) is 4.81. The van der Waals surface area contributed by atoms with E-state index in [0.717, 1.165) is 25.4 Å². The number of aromatic nitrogens is 1. The summed E-state index contributed by atoms with van der Waals surface area (Å²) in [6.45, 7) is 3.18. The van der Waals surface area contributed by atoms with E-state index in [4.69, 9.17) is 4.74 Å². The minimum Gasteiger partial charge on any atom is -0.497 e. The van der Waals surface area contributed by atoms with Crippen molar-refractivity contribution in [1.29, 1.82) is 0 Å². The molecule has 19 heavy (non-hydrogen) atoms. The predicted octanol–water partition coefficient (Wildman–Crippen LogP) is 1.76. The van der Waals surface area contributed by atoms with Gasteiger partial charge >= 0.3 is 0 Å². The van der Waals surface area contributed by atoms with Crippen LogP contribution in [-0.4, -0.2) is 43.3 Å². The van der Waals surface area contributed by atoms with Gasteiger partial charge in [0.25, 0.3) is 0 Å². The van der Waals surface area contributed by atoms with Gasteiger partial charge in [-0.1, -0.05) is 0 Å². The molecule has 0 amide bonds. The van der Waals surface area contributed by atoms with Gasteiger partial charge in [-0.3, -0.25) is 4.90 Å². The molecule has 1 aromatic heterocycles. The van der Waals surface area contributed by atoms with Crippen LogP contribution in [0.1, 0.15) is 11.6 Å². The largest absolute Gasteiger partial charge is 0.497 e. The monoisotopic (exact) mass is 259 g/mol. The van der Waals surface area contributed by atoms with E-state index >= 15 is 0 Å². The van der Waals surface area contributed by atoms with E-state index in [0.29, 0.717) is 6.04 Å². The second-order valence-electron chi connectivity index (χ2n) is 5.28. The van der Waals surface area contributed by atoms with Crippen molar-refractivity contribution in [2.24, 2.45) is 7.05 Å². The molecule has 1 aliphatic rings. The number of fused-ring (bicyclic) bond motifs is 1. The number of likely N-dealkylation sites (N-methyl/N-ethyl adjacent to an activating group) is 1. The van der Waals surface area contributed by atoms with Gasteiger partial charge in [0, 0.05) is 50.4 Å². The molecule has 1 N–H and O–H groups in total. The standard InChI is InChI=1S/C15H21N3O/c1-17-7-6-16-9-15(17)13-10-18(2)14-8-11(19-3)4-5-12(13)14/h4-5,8,10,15-16H,6-7,9H2,1-3H3. The lowest BCUT2D eigenvalue weighted by atomic mass is 10.0. The molecule has 1 fully saturated rings. The molecule has 4 nitrogen and oxygen atoms in total. The molecule has 102 valence electrons. The molecule has 1 aromatic carbocycles. The van der Waals surface area contributed by atoms with Crippen molar-refractivity contribution in [3.05, 3.63) is 30.0 Å². The van der Waals surface area contributed by atoms with Crippen molar-refractivity contribution < 1.29 is 4.74 Å².